The van der Waals surface area contributed by atoms with Crippen LogP contribution < -0.4 is 5.32 Å². The zero-order chi connectivity index (χ0) is 24.1. The number of carbonyl (C=O) groups excluding carboxylic acids is 2. The molecule has 0 bridgehead atoms. The van der Waals surface area contributed by atoms with Gasteiger partial charge in [0.15, 0.2) is 10.9 Å². The number of aryl methyl sites for hydroxylation is 2. The topological polar surface area (TPSA) is 86.1 Å². The molecule has 0 saturated heterocycles. The number of ether oxygens (including phenoxy) is 1. The molecule has 0 aliphatic carbocycles. The fraction of sp³-hybridized carbons (Fsp3) is 0.200. The summed E-state index contributed by atoms with van der Waals surface area (Å²) in [4.78, 5) is 34.1. The number of carbonyl (C=O) groups is 2. The number of nitrogens with zero attached hydrogens (tertiary/aromatic N) is 3. The Morgan fingerprint density at radius 3 is 2.71 bits per heavy atom. The Balaban J connectivity index is 1.38. The Labute approximate surface area is 206 Å². The van der Waals surface area contributed by atoms with Gasteiger partial charge in [0.05, 0.1) is 18.3 Å². The van der Waals surface area contributed by atoms with Crippen LogP contribution in [0.2, 0.25) is 0 Å². The van der Waals surface area contributed by atoms with Crippen LogP contribution in [0.1, 0.15) is 32.3 Å². The summed E-state index contributed by atoms with van der Waals surface area (Å²) in [7, 11) is 0. The number of nitrogens with one attached hydrogen (secondary N) is 1. The van der Waals surface area contributed by atoms with Gasteiger partial charge in [-0.2, -0.15) is 0 Å². The molecule has 4 aromatic rings. The zero-order valence-electron chi connectivity index (χ0n) is 19.1. The molecule has 1 amide bonds. The van der Waals surface area contributed by atoms with Crippen molar-refractivity contribution in [3.8, 4) is 5.69 Å². The van der Waals surface area contributed by atoms with Crippen LogP contribution >= 0.6 is 23.1 Å². The molecule has 0 aliphatic rings. The third-order valence-electron chi connectivity index (χ3n) is 5.06. The number of hydrogen-bond donors (Lipinski definition) is 1. The minimum atomic E-state index is -0.487. The molecule has 7 nitrogen and oxygen atoms in total. The number of para-hydroxylation sites is 1. The first-order valence-electron chi connectivity index (χ1n) is 10.6. The normalized spacial score (nSPS) is 10.8. The van der Waals surface area contributed by atoms with Gasteiger partial charge in [-0.25, -0.2) is 14.8 Å². The second-order valence-corrected chi connectivity index (χ2v) is 9.37. The molecule has 2 heterocycles. The average molecular weight is 493 g/mol. The molecular formula is C25H24N4O3S2. The standard InChI is InChI=1S/C25H24N4O3S2/c1-16-9-10-17(2)20(11-16)28-22(30)12-23-27-18(15-34-23)14-32-24(31)21-13-26-25(33-3)29(21)19-7-5-4-6-8-19/h4-11,13,15H,12,14H2,1-3H3,(H,28,30). The van der Waals surface area contributed by atoms with E-state index in [2.05, 4.69) is 15.3 Å². The van der Waals surface area contributed by atoms with E-state index < -0.39 is 5.97 Å². The van der Waals surface area contributed by atoms with Crippen molar-refractivity contribution in [2.45, 2.75) is 32.0 Å². The molecule has 9 heteroatoms. The van der Waals surface area contributed by atoms with E-state index in [-0.39, 0.29) is 18.9 Å². The van der Waals surface area contributed by atoms with Gasteiger partial charge < -0.3 is 10.1 Å². The molecule has 0 spiro atoms. The Bertz CT molecular complexity index is 1310. The summed E-state index contributed by atoms with van der Waals surface area (Å²) < 4.78 is 7.29. The summed E-state index contributed by atoms with van der Waals surface area (Å²) in [5.74, 6) is -0.623. The lowest BCUT2D eigenvalue weighted by Gasteiger charge is -2.10. The maximum atomic E-state index is 12.8. The number of thioether (sulfide) groups is 1. The van der Waals surface area contributed by atoms with Crippen LogP contribution in [-0.2, 0) is 22.6 Å². The van der Waals surface area contributed by atoms with Crippen molar-refractivity contribution in [3.05, 3.63) is 87.6 Å². The number of anilines is 1. The first-order valence-corrected chi connectivity index (χ1v) is 12.7. The van der Waals surface area contributed by atoms with Gasteiger partial charge in [-0.3, -0.25) is 9.36 Å². The van der Waals surface area contributed by atoms with Crippen molar-refractivity contribution in [3.63, 3.8) is 0 Å². The van der Waals surface area contributed by atoms with Gasteiger partial charge in [-0.15, -0.1) is 11.3 Å². The second-order valence-electron chi connectivity index (χ2n) is 7.65. The summed E-state index contributed by atoms with van der Waals surface area (Å²) in [6.45, 7) is 3.96. The maximum absolute atomic E-state index is 12.8. The third kappa shape index (κ3) is 5.55. The second kappa shape index (κ2) is 10.7. The predicted molar refractivity (Wildman–Crippen MR) is 135 cm³/mol. The van der Waals surface area contributed by atoms with Gasteiger partial charge in [0, 0.05) is 16.8 Å². The van der Waals surface area contributed by atoms with Crippen LogP contribution in [-0.4, -0.2) is 32.7 Å². The minimum Gasteiger partial charge on any atom is -0.454 e. The molecule has 0 radical (unpaired) electrons. The summed E-state index contributed by atoms with van der Waals surface area (Å²) in [6.07, 6.45) is 3.58. The molecule has 34 heavy (non-hydrogen) atoms. The summed E-state index contributed by atoms with van der Waals surface area (Å²) in [5.41, 5.74) is 4.67. The first-order chi connectivity index (χ1) is 16.4. The first kappa shape index (κ1) is 23.7. The van der Waals surface area contributed by atoms with Crippen LogP contribution in [0.3, 0.4) is 0 Å². The third-order valence-corrected chi connectivity index (χ3v) is 6.62. The highest BCUT2D eigenvalue weighted by atomic mass is 32.2. The van der Waals surface area contributed by atoms with Crippen LogP contribution in [0.4, 0.5) is 5.69 Å². The van der Waals surface area contributed by atoms with E-state index in [0.29, 0.717) is 21.6 Å². The molecule has 2 aromatic heterocycles. The van der Waals surface area contributed by atoms with Crippen LogP contribution in [0.15, 0.2) is 65.3 Å². The number of thiazole rings is 1. The number of imidazole rings is 1. The van der Waals surface area contributed by atoms with Crippen molar-refractivity contribution in [1.29, 1.82) is 0 Å². The molecule has 0 atom stereocenters. The number of amides is 1. The summed E-state index contributed by atoms with van der Waals surface area (Å²) in [5, 5.41) is 6.10. The number of aromatic nitrogens is 3. The predicted octanol–water partition coefficient (Wildman–Crippen LogP) is 5.21. The number of esters is 1. The highest BCUT2D eigenvalue weighted by Crippen LogP contribution is 2.23. The molecule has 2 aromatic carbocycles. The monoisotopic (exact) mass is 492 g/mol. The van der Waals surface area contributed by atoms with Gasteiger partial charge >= 0.3 is 5.97 Å². The molecular weight excluding hydrogens is 468 g/mol. The van der Waals surface area contributed by atoms with Gasteiger partial charge in [0.2, 0.25) is 5.91 Å². The van der Waals surface area contributed by atoms with Crippen LogP contribution in [0, 0.1) is 13.8 Å². The fourth-order valence-corrected chi connectivity index (χ4v) is 4.68. The van der Waals surface area contributed by atoms with Gasteiger partial charge in [0.1, 0.15) is 11.6 Å². The Kier molecular flexibility index (Phi) is 7.44. The van der Waals surface area contributed by atoms with E-state index in [0.717, 1.165) is 22.5 Å². The van der Waals surface area contributed by atoms with E-state index in [4.69, 9.17) is 4.74 Å². The molecule has 0 unspecified atom stereocenters. The Morgan fingerprint density at radius 2 is 1.94 bits per heavy atom. The molecule has 1 N–H and O–H groups in total. The molecule has 174 valence electrons. The molecule has 0 aliphatic heterocycles. The lowest BCUT2D eigenvalue weighted by molar-refractivity contribution is -0.115. The molecule has 4 rings (SSSR count). The average Bonchev–Trinajstić information content (AvgIpc) is 3.47. The van der Waals surface area contributed by atoms with Gasteiger partial charge in [0.25, 0.3) is 0 Å². The largest absolute Gasteiger partial charge is 0.454 e. The molecule has 0 fully saturated rings. The minimum absolute atomic E-state index is 0.0164. The smallest absolute Gasteiger partial charge is 0.357 e. The SMILES string of the molecule is CSc1ncc(C(=O)OCc2csc(CC(=O)Nc3cc(C)ccc3C)n2)n1-c1ccccc1. The van der Waals surface area contributed by atoms with Crippen molar-refractivity contribution < 1.29 is 14.3 Å². The summed E-state index contributed by atoms with van der Waals surface area (Å²) >= 11 is 2.82. The van der Waals surface area contributed by atoms with E-state index >= 15 is 0 Å². The number of benzene rings is 2. The van der Waals surface area contributed by atoms with E-state index in [1.165, 1.54) is 29.3 Å². The highest BCUT2D eigenvalue weighted by Gasteiger charge is 2.19. The van der Waals surface area contributed by atoms with E-state index in [9.17, 15) is 9.59 Å². The quantitative estimate of drug-likeness (QED) is 0.269. The van der Waals surface area contributed by atoms with Crippen molar-refractivity contribution in [2.24, 2.45) is 0 Å². The van der Waals surface area contributed by atoms with E-state index in [1.54, 1.807) is 9.95 Å². The summed E-state index contributed by atoms with van der Waals surface area (Å²) in [6, 6.07) is 15.5. The number of hydrogen-bond acceptors (Lipinski definition) is 7. The Hall–Kier alpha value is -3.43. The van der Waals surface area contributed by atoms with Crippen molar-refractivity contribution >= 4 is 40.7 Å². The van der Waals surface area contributed by atoms with Crippen molar-refractivity contribution in [1.82, 2.24) is 14.5 Å². The van der Waals surface area contributed by atoms with Gasteiger partial charge in [-0.05, 0) is 49.4 Å². The Morgan fingerprint density at radius 1 is 1.15 bits per heavy atom. The fourth-order valence-electron chi connectivity index (χ4n) is 3.36. The van der Waals surface area contributed by atoms with Gasteiger partial charge in [-0.1, -0.05) is 42.1 Å². The van der Waals surface area contributed by atoms with Crippen LogP contribution in [0.5, 0.6) is 0 Å². The zero-order valence-corrected chi connectivity index (χ0v) is 20.7. The molecule has 0 saturated carbocycles. The van der Waals surface area contributed by atoms with Crippen molar-refractivity contribution in [2.75, 3.05) is 11.6 Å². The van der Waals surface area contributed by atoms with Crippen LogP contribution in [0.25, 0.3) is 5.69 Å². The maximum Gasteiger partial charge on any atom is 0.357 e. The lowest BCUT2D eigenvalue weighted by Crippen LogP contribution is -2.15. The number of rotatable bonds is 8. The lowest BCUT2D eigenvalue weighted by atomic mass is 10.1. The van der Waals surface area contributed by atoms with E-state index in [1.807, 2.05) is 68.6 Å². The highest BCUT2D eigenvalue weighted by molar-refractivity contribution is 7.98.